The van der Waals surface area contributed by atoms with Crippen molar-refractivity contribution in [1.82, 2.24) is 24.0 Å². The van der Waals surface area contributed by atoms with Gasteiger partial charge in [-0.25, -0.2) is 12.7 Å². The second kappa shape index (κ2) is 10.4. The maximum Gasteiger partial charge on any atom is 0.211 e. The van der Waals surface area contributed by atoms with Gasteiger partial charge in [0.05, 0.1) is 18.1 Å². The molecular formula is C27H35N5O3S. The van der Waals surface area contributed by atoms with Crippen molar-refractivity contribution < 1.29 is 13.2 Å². The molecule has 1 aromatic carbocycles. The number of benzene rings is 1. The Morgan fingerprint density at radius 1 is 1.00 bits per heavy atom. The SMILES string of the molecule is Cn1ncc(-c2ccc3cnc(CC(=O)C4CCN(S(C)(=O)=O)CC4)cc3c2)c1CN1CCCCC1. The molecule has 0 bridgehead atoms. The summed E-state index contributed by atoms with van der Waals surface area (Å²) in [6, 6.07) is 8.40. The van der Waals surface area contributed by atoms with Gasteiger partial charge >= 0.3 is 0 Å². The summed E-state index contributed by atoms with van der Waals surface area (Å²) in [7, 11) is -1.18. The Balaban J connectivity index is 1.32. The lowest BCUT2D eigenvalue weighted by atomic mass is 9.91. The molecule has 0 atom stereocenters. The molecule has 0 saturated carbocycles. The fourth-order valence-electron chi connectivity index (χ4n) is 5.50. The van der Waals surface area contributed by atoms with E-state index < -0.39 is 10.0 Å². The van der Waals surface area contributed by atoms with Crippen molar-refractivity contribution in [1.29, 1.82) is 0 Å². The van der Waals surface area contributed by atoms with Crippen molar-refractivity contribution in [2.45, 2.75) is 45.1 Å². The van der Waals surface area contributed by atoms with E-state index in [1.165, 1.54) is 35.5 Å². The van der Waals surface area contributed by atoms with Crippen molar-refractivity contribution in [3.05, 3.63) is 48.0 Å². The molecule has 2 aliphatic heterocycles. The molecule has 2 saturated heterocycles. The minimum absolute atomic E-state index is 0.112. The molecule has 4 heterocycles. The number of ketones is 1. The number of pyridine rings is 1. The number of aromatic nitrogens is 3. The first-order valence-corrected chi connectivity index (χ1v) is 14.7. The Morgan fingerprint density at radius 3 is 2.47 bits per heavy atom. The third kappa shape index (κ3) is 5.53. The summed E-state index contributed by atoms with van der Waals surface area (Å²) < 4.78 is 27.0. The van der Waals surface area contributed by atoms with Crippen LogP contribution >= 0.6 is 0 Å². The number of carbonyl (C=O) groups is 1. The average molecular weight is 510 g/mol. The zero-order chi connectivity index (χ0) is 25.3. The van der Waals surface area contributed by atoms with Crippen LogP contribution in [-0.2, 0) is 34.8 Å². The lowest BCUT2D eigenvalue weighted by Crippen LogP contribution is -2.39. The van der Waals surface area contributed by atoms with Crippen LogP contribution in [0.25, 0.3) is 21.9 Å². The Kier molecular flexibility index (Phi) is 7.23. The molecule has 9 heteroatoms. The number of Topliss-reactive ketones (excluding diaryl/α,β-unsaturated/α-hetero) is 1. The van der Waals surface area contributed by atoms with Gasteiger partial charge in [0.15, 0.2) is 0 Å². The van der Waals surface area contributed by atoms with E-state index in [1.54, 1.807) is 0 Å². The largest absolute Gasteiger partial charge is 0.299 e. The Bertz CT molecular complexity index is 1350. The van der Waals surface area contributed by atoms with Crippen LogP contribution < -0.4 is 0 Å². The first-order chi connectivity index (χ1) is 17.3. The molecule has 36 heavy (non-hydrogen) atoms. The number of hydrogen-bond donors (Lipinski definition) is 0. The number of piperidine rings is 2. The molecule has 0 N–H and O–H groups in total. The van der Waals surface area contributed by atoms with Gasteiger partial charge in [-0.15, -0.1) is 0 Å². The van der Waals surface area contributed by atoms with E-state index in [4.69, 9.17) is 0 Å². The molecule has 2 aliphatic rings. The summed E-state index contributed by atoms with van der Waals surface area (Å²) in [5.74, 6) is 0.0294. The van der Waals surface area contributed by atoms with Crippen molar-refractivity contribution in [2.24, 2.45) is 13.0 Å². The van der Waals surface area contributed by atoms with Gasteiger partial charge in [-0.05, 0) is 61.9 Å². The van der Waals surface area contributed by atoms with Crippen LogP contribution in [0.1, 0.15) is 43.5 Å². The maximum atomic E-state index is 13.0. The predicted molar refractivity (Wildman–Crippen MR) is 141 cm³/mol. The number of rotatable bonds is 7. The Morgan fingerprint density at radius 2 is 1.75 bits per heavy atom. The van der Waals surface area contributed by atoms with Crippen LogP contribution in [0.15, 0.2) is 36.7 Å². The van der Waals surface area contributed by atoms with Crippen molar-refractivity contribution in [3.63, 3.8) is 0 Å². The third-order valence-corrected chi connectivity index (χ3v) is 9.01. The number of likely N-dealkylation sites (tertiary alicyclic amines) is 1. The summed E-state index contributed by atoms with van der Waals surface area (Å²) >= 11 is 0. The van der Waals surface area contributed by atoms with Crippen molar-refractivity contribution in [2.75, 3.05) is 32.4 Å². The van der Waals surface area contributed by atoms with Crippen LogP contribution in [0.4, 0.5) is 0 Å². The highest BCUT2D eigenvalue weighted by Gasteiger charge is 2.29. The molecule has 2 fully saturated rings. The molecule has 5 rings (SSSR count). The van der Waals surface area contributed by atoms with Gasteiger partial charge in [-0.2, -0.15) is 5.10 Å². The monoisotopic (exact) mass is 509 g/mol. The second-order valence-corrected chi connectivity index (χ2v) is 12.3. The molecule has 0 unspecified atom stereocenters. The fourth-order valence-corrected chi connectivity index (χ4v) is 6.38. The van der Waals surface area contributed by atoms with E-state index in [-0.39, 0.29) is 18.1 Å². The van der Waals surface area contributed by atoms with E-state index >= 15 is 0 Å². The lowest BCUT2D eigenvalue weighted by Gasteiger charge is -2.29. The van der Waals surface area contributed by atoms with E-state index in [2.05, 4.69) is 33.2 Å². The van der Waals surface area contributed by atoms with E-state index in [9.17, 15) is 13.2 Å². The fraction of sp³-hybridized carbons (Fsp3) is 0.519. The quantitative estimate of drug-likeness (QED) is 0.485. The number of fused-ring (bicyclic) bond motifs is 1. The molecule has 0 amide bonds. The summed E-state index contributed by atoms with van der Waals surface area (Å²) in [5.41, 5.74) is 4.26. The van der Waals surface area contributed by atoms with E-state index in [0.717, 1.165) is 47.2 Å². The van der Waals surface area contributed by atoms with Crippen LogP contribution in [0.3, 0.4) is 0 Å². The molecule has 2 aromatic heterocycles. The highest BCUT2D eigenvalue weighted by Crippen LogP contribution is 2.29. The topological polar surface area (TPSA) is 88.4 Å². The molecule has 192 valence electrons. The summed E-state index contributed by atoms with van der Waals surface area (Å²) in [6.45, 7) is 4.00. The van der Waals surface area contributed by atoms with Crippen LogP contribution in [0, 0.1) is 5.92 Å². The lowest BCUT2D eigenvalue weighted by molar-refractivity contribution is -0.123. The van der Waals surface area contributed by atoms with E-state index in [0.29, 0.717) is 25.9 Å². The van der Waals surface area contributed by atoms with Crippen molar-refractivity contribution in [3.8, 4) is 11.1 Å². The molecule has 0 radical (unpaired) electrons. The van der Waals surface area contributed by atoms with Gasteiger partial charge in [-0.1, -0.05) is 18.6 Å². The highest BCUT2D eigenvalue weighted by molar-refractivity contribution is 7.88. The summed E-state index contributed by atoms with van der Waals surface area (Å²) in [6.07, 6.45) is 10.3. The molecule has 3 aromatic rings. The predicted octanol–water partition coefficient (Wildman–Crippen LogP) is 3.40. The normalized spacial score (nSPS) is 18.6. The first-order valence-electron chi connectivity index (χ1n) is 12.9. The first kappa shape index (κ1) is 25.0. The molecule has 0 spiro atoms. The standard InChI is InChI=1S/C27H35N5O3S/c1-30-26(19-31-10-4-3-5-11-31)25(18-29-30)21-6-7-22-17-28-24(15-23(22)14-21)16-27(33)20-8-12-32(13-9-20)36(2,34)35/h6-7,14-15,17-18,20H,3-5,8-13,16,19H2,1-2H3. The van der Waals surface area contributed by atoms with Gasteiger partial charge in [-0.3, -0.25) is 19.4 Å². The molecule has 0 aliphatic carbocycles. The average Bonchev–Trinajstić information content (AvgIpc) is 3.23. The van der Waals surface area contributed by atoms with Gasteiger partial charge in [0.1, 0.15) is 5.78 Å². The molecule has 8 nitrogen and oxygen atoms in total. The molecular weight excluding hydrogens is 474 g/mol. The van der Waals surface area contributed by atoms with Crippen LogP contribution in [0.2, 0.25) is 0 Å². The maximum absolute atomic E-state index is 13.0. The van der Waals surface area contributed by atoms with Gasteiger partial charge < -0.3 is 0 Å². The van der Waals surface area contributed by atoms with E-state index in [1.807, 2.05) is 30.2 Å². The van der Waals surface area contributed by atoms with Gasteiger partial charge in [0.25, 0.3) is 0 Å². The minimum atomic E-state index is -3.19. The zero-order valence-corrected chi connectivity index (χ0v) is 22.0. The zero-order valence-electron chi connectivity index (χ0n) is 21.2. The number of carbonyl (C=O) groups excluding carboxylic acids is 1. The number of hydrogen-bond acceptors (Lipinski definition) is 6. The number of sulfonamides is 1. The summed E-state index contributed by atoms with van der Waals surface area (Å²) in [5, 5.41) is 6.66. The number of aryl methyl sites for hydroxylation is 1. The number of nitrogens with zero attached hydrogens (tertiary/aromatic N) is 5. The summed E-state index contributed by atoms with van der Waals surface area (Å²) in [4.78, 5) is 20.0. The van der Waals surface area contributed by atoms with Crippen molar-refractivity contribution >= 4 is 26.6 Å². The second-order valence-electron chi connectivity index (χ2n) is 10.3. The third-order valence-electron chi connectivity index (χ3n) is 7.71. The van der Waals surface area contributed by atoms with Crippen LogP contribution in [-0.4, -0.2) is 70.6 Å². The minimum Gasteiger partial charge on any atom is -0.299 e. The van der Waals surface area contributed by atoms with Gasteiger partial charge in [0, 0.05) is 61.9 Å². The van der Waals surface area contributed by atoms with Gasteiger partial charge in [0.2, 0.25) is 10.0 Å². The Labute approximate surface area is 213 Å². The Hall–Kier alpha value is -2.62. The smallest absolute Gasteiger partial charge is 0.211 e. The van der Waals surface area contributed by atoms with Crippen LogP contribution in [0.5, 0.6) is 0 Å². The highest BCUT2D eigenvalue weighted by atomic mass is 32.2.